The first-order valence-corrected chi connectivity index (χ1v) is 4.79. The molecule has 0 saturated carbocycles. The predicted octanol–water partition coefficient (Wildman–Crippen LogP) is 1.30. The lowest BCUT2D eigenvalue weighted by molar-refractivity contribution is 0.470. The minimum absolute atomic E-state index is 0.233. The second-order valence-corrected chi connectivity index (χ2v) is 3.27. The fourth-order valence-corrected chi connectivity index (χ4v) is 1.43. The minimum Gasteiger partial charge on any atom is -0.506 e. The van der Waals surface area contributed by atoms with Crippen molar-refractivity contribution < 1.29 is 5.11 Å². The van der Waals surface area contributed by atoms with Gasteiger partial charge in [0.2, 0.25) is 0 Å². The number of nitrogens with zero attached hydrogens (tertiary/aromatic N) is 2. The number of benzene rings is 1. The van der Waals surface area contributed by atoms with Crippen molar-refractivity contribution in [1.82, 2.24) is 15.1 Å². The molecule has 0 bridgehead atoms. The Kier molecular flexibility index (Phi) is 2.69. The van der Waals surface area contributed by atoms with Gasteiger partial charge < -0.3 is 10.4 Å². The van der Waals surface area contributed by atoms with Crippen LogP contribution in [0, 0.1) is 0 Å². The van der Waals surface area contributed by atoms with Crippen molar-refractivity contribution in [3.05, 3.63) is 42.2 Å². The van der Waals surface area contributed by atoms with Crippen LogP contribution in [0.4, 0.5) is 0 Å². The third-order valence-corrected chi connectivity index (χ3v) is 2.13. The highest BCUT2D eigenvalue weighted by atomic mass is 16.3. The Labute approximate surface area is 88.2 Å². The molecule has 2 aromatic rings. The highest BCUT2D eigenvalue weighted by molar-refractivity contribution is 5.44. The summed E-state index contributed by atoms with van der Waals surface area (Å²) in [7, 11) is 1.87. The van der Waals surface area contributed by atoms with Crippen molar-refractivity contribution >= 4 is 0 Å². The highest BCUT2D eigenvalue weighted by Gasteiger charge is 2.03. The second-order valence-electron chi connectivity index (χ2n) is 3.27. The van der Waals surface area contributed by atoms with E-state index in [-0.39, 0.29) is 5.75 Å². The predicted molar refractivity (Wildman–Crippen MR) is 58.0 cm³/mol. The van der Waals surface area contributed by atoms with Crippen LogP contribution in [0.25, 0.3) is 5.69 Å². The van der Waals surface area contributed by atoms with Gasteiger partial charge in [0.15, 0.2) is 0 Å². The Morgan fingerprint density at radius 3 is 2.87 bits per heavy atom. The van der Waals surface area contributed by atoms with Crippen molar-refractivity contribution in [2.45, 2.75) is 6.54 Å². The summed E-state index contributed by atoms with van der Waals surface area (Å²) < 4.78 is 1.67. The van der Waals surface area contributed by atoms with E-state index in [0.717, 1.165) is 12.2 Å². The molecule has 2 N–H and O–H groups in total. The van der Waals surface area contributed by atoms with Crippen LogP contribution >= 0.6 is 0 Å². The third kappa shape index (κ3) is 1.99. The zero-order valence-electron chi connectivity index (χ0n) is 8.51. The molecule has 1 heterocycles. The number of aromatic hydroxyl groups is 1. The number of phenols is 1. The quantitative estimate of drug-likeness (QED) is 0.790. The molecule has 0 fully saturated rings. The lowest BCUT2D eigenvalue weighted by Gasteiger charge is -2.03. The van der Waals surface area contributed by atoms with E-state index in [1.807, 2.05) is 31.4 Å². The average molecular weight is 203 g/mol. The standard InChI is InChI=1S/C11H13N3O/c1-12-8-9-6-7-14(13-9)10-4-2-3-5-11(10)15/h2-7,12,15H,8H2,1H3. The van der Waals surface area contributed by atoms with Gasteiger partial charge in [-0.25, -0.2) is 4.68 Å². The first-order chi connectivity index (χ1) is 7.31. The highest BCUT2D eigenvalue weighted by Crippen LogP contribution is 2.19. The lowest BCUT2D eigenvalue weighted by atomic mass is 10.3. The van der Waals surface area contributed by atoms with Gasteiger partial charge in [0.1, 0.15) is 11.4 Å². The van der Waals surface area contributed by atoms with E-state index in [1.165, 1.54) is 0 Å². The van der Waals surface area contributed by atoms with Crippen LogP contribution in [-0.4, -0.2) is 21.9 Å². The Morgan fingerprint density at radius 2 is 2.13 bits per heavy atom. The van der Waals surface area contributed by atoms with Crippen molar-refractivity contribution in [1.29, 1.82) is 0 Å². The molecular formula is C11H13N3O. The molecule has 4 nitrogen and oxygen atoms in total. The lowest BCUT2D eigenvalue weighted by Crippen LogP contribution is -2.06. The number of hydrogen-bond donors (Lipinski definition) is 2. The third-order valence-electron chi connectivity index (χ3n) is 2.13. The van der Waals surface area contributed by atoms with E-state index in [4.69, 9.17) is 0 Å². The largest absolute Gasteiger partial charge is 0.506 e. The number of phenolic OH excluding ortho intramolecular Hbond substituents is 1. The normalized spacial score (nSPS) is 10.5. The zero-order chi connectivity index (χ0) is 10.7. The molecule has 0 spiro atoms. The Balaban J connectivity index is 2.33. The SMILES string of the molecule is CNCc1ccn(-c2ccccc2O)n1. The summed E-state index contributed by atoms with van der Waals surface area (Å²) in [4.78, 5) is 0. The maximum atomic E-state index is 9.63. The summed E-state index contributed by atoms with van der Waals surface area (Å²) >= 11 is 0. The Morgan fingerprint density at radius 1 is 1.33 bits per heavy atom. The van der Waals surface area contributed by atoms with Crippen LogP contribution in [-0.2, 0) is 6.54 Å². The summed E-state index contributed by atoms with van der Waals surface area (Å²) in [5.41, 5.74) is 1.64. The van der Waals surface area contributed by atoms with Gasteiger partial charge in [-0.2, -0.15) is 5.10 Å². The van der Waals surface area contributed by atoms with Gasteiger partial charge in [-0.05, 0) is 25.2 Å². The summed E-state index contributed by atoms with van der Waals surface area (Å²) in [5, 5.41) is 17.0. The van der Waals surface area contributed by atoms with Crippen LogP contribution in [0.1, 0.15) is 5.69 Å². The van der Waals surface area contributed by atoms with Gasteiger partial charge in [0, 0.05) is 12.7 Å². The van der Waals surface area contributed by atoms with Gasteiger partial charge in [-0.1, -0.05) is 12.1 Å². The van der Waals surface area contributed by atoms with E-state index in [2.05, 4.69) is 10.4 Å². The minimum atomic E-state index is 0.233. The molecule has 0 aliphatic heterocycles. The molecule has 4 heteroatoms. The van der Waals surface area contributed by atoms with E-state index < -0.39 is 0 Å². The fraction of sp³-hybridized carbons (Fsp3) is 0.182. The van der Waals surface area contributed by atoms with Crippen LogP contribution in [0.3, 0.4) is 0 Å². The fourth-order valence-electron chi connectivity index (χ4n) is 1.43. The second kappa shape index (κ2) is 4.14. The summed E-state index contributed by atoms with van der Waals surface area (Å²) in [6, 6.07) is 9.05. The molecule has 0 aliphatic carbocycles. The summed E-state index contributed by atoms with van der Waals surface area (Å²) in [6.07, 6.45) is 1.84. The molecule has 1 aromatic heterocycles. The van der Waals surface area contributed by atoms with Crippen LogP contribution < -0.4 is 5.32 Å². The molecule has 0 radical (unpaired) electrons. The van der Waals surface area contributed by atoms with Crippen molar-refractivity contribution in [2.24, 2.45) is 0 Å². The topological polar surface area (TPSA) is 50.1 Å². The summed E-state index contributed by atoms with van der Waals surface area (Å²) in [6.45, 7) is 0.723. The van der Waals surface area contributed by atoms with Crippen LogP contribution in [0.15, 0.2) is 36.5 Å². The molecule has 0 unspecified atom stereocenters. The van der Waals surface area contributed by atoms with Gasteiger partial charge in [-0.3, -0.25) is 0 Å². The molecule has 0 amide bonds. The first kappa shape index (κ1) is 9.73. The monoisotopic (exact) mass is 203 g/mol. The molecule has 0 aliphatic rings. The first-order valence-electron chi connectivity index (χ1n) is 4.79. The molecule has 1 aromatic carbocycles. The molecular weight excluding hydrogens is 190 g/mol. The number of hydrogen-bond acceptors (Lipinski definition) is 3. The van der Waals surface area contributed by atoms with Gasteiger partial charge in [0.05, 0.1) is 5.69 Å². The molecule has 15 heavy (non-hydrogen) atoms. The number of para-hydroxylation sites is 2. The van der Waals surface area contributed by atoms with Crippen LogP contribution in [0.5, 0.6) is 5.75 Å². The molecule has 0 atom stereocenters. The van der Waals surface area contributed by atoms with E-state index in [9.17, 15) is 5.11 Å². The summed E-state index contributed by atoms with van der Waals surface area (Å²) in [5.74, 6) is 0.233. The van der Waals surface area contributed by atoms with Crippen molar-refractivity contribution in [3.63, 3.8) is 0 Å². The maximum Gasteiger partial charge on any atom is 0.141 e. The molecule has 2 rings (SSSR count). The Hall–Kier alpha value is -1.81. The van der Waals surface area contributed by atoms with Crippen molar-refractivity contribution in [3.8, 4) is 11.4 Å². The number of nitrogens with one attached hydrogen (secondary N) is 1. The zero-order valence-corrected chi connectivity index (χ0v) is 8.51. The smallest absolute Gasteiger partial charge is 0.141 e. The van der Waals surface area contributed by atoms with E-state index in [1.54, 1.807) is 16.8 Å². The molecule has 78 valence electrons. The van der Waals surface area contributed by atoms with E-state index in [0.29, 0.717) is 5.69 Å². The molecule has 0 saturated heterocycles. The van der Waals surface area contributed by atoms with Gasteiger partial charge >= 0.3 is 0 Å². The van der Waals surface area contributed by atoms with Crippen LogP contribution in [0.2, 0.25) is 0 Å². The van der Waals surface area contributed by atoms with Gasteiger partial charge in [-0.15, -0.1) is 0 Å². The number of rotatable bonds is 3. The Bertz CT molecular complexity index is 451. The van der Waals surface area contributed by atoms with Gasteiger partial charge in [0.25, 0.3) is 0 Å². The average Bonchev–Trinajstić information content (AvgIpc) is 2.68. The maximum absolute atomic E-state index is 9.63. The number of aromatic nitrogens is 2. The van der Waals surface area contributed by atoms with Crippen molar-refractivity contribution in [2.75, 3.05) is 7.05 Å². The van der Waals surface area contributed by atoms with E-state index >= 15 is 0 Å².